The Morgan fingerprint density at radius 2 is 0.750 bits per heavy atom. The second kappa shape index (κ2) is 54.8. The fourth-order valence-corrected chi connectivity index (χ4v) is 10.4. The van der Waals surface area contributed by atoms with E-state index in [4.69, 9.17) is 9.05 Å². The molecular weight excluding hydrogens is 912 g/mol. The predicted molar refractivity (Wildman–Crippen MR) is 314 cm³/mol. The molecule has 0 aliphatic heterocycles. The highest BCUT2D eigenvalue weighted by atomic mass is 31.2. The lowest BCUT2D eigenvalue weighted by molar-refractivity contribution is -0.870. The van der Waals surface area contributed by atoms with Crippen molar-refractivity contribution in [1.82, 2.24) is 5.32 Å². The second-order valence-corrected chi connectivity index (χ2v) is 24.6. The molecule has 72 heavy (non-hydrogen) atoms. The Morgan fingerprint density at radius 1 is 0.458 bits per heavy atom. The van der Waals surface area contributed by atoms with Gasteiger partial charge in [0.2, 0.25) is 5.91 Å². The van der Waals surface area contributed by atoms with Gasteiger partial charge < -0.3 is 19.8 Å². The van der Waals surface area contributed by atoms with Gasteiger partial charge in [0.05, 0.1) is 39.9 Å². The zero-order valence-corrected chi connectivity index (χ0v) is 49.8. The number of carbonyl (C=O) groups excluding carboxylic acids is 1. The summed E-state index contributed by atoms with van der Waals surface area (Å²) in [7, 11) is 1.59. The largest absolute Gasteiger partial charge is 0.472 e. The molecule has 3 N–H and O–H groups in total. The number of phosphoric ester groups is 1. The van der Waals surface area contributed by atoms with Crippen LogP contribution < -0.4 is 5.32 Å². The second-order valence-electron chi connectivity index (χ2n) is 23.1. The predicted octanol–water partition coefficient (Wildman–Crippen LogP) is 19.5. The summed E-state index contributed by atoms with van der Waals surface area (Å²) in [6.45, 7) is 4.85. The molecule has 0 radical (unpaired) electrons. The summed E-state index contributed by atoms with van der Waals surface area (Å²) < 4.78 is 23.7. The van der Waals surface area contributed by atoms with Crippen LogP contribution in [0.4, 0.5) is 0 Å². The van der Waals surface area contributed by atoms with Crippen LogP contribution in [0.2, 0.25) is 0 Å². The number of rotatable bonds is 59. The van der Waals surface area contributed by atoms with Gasteiger partial charge in [0.1, 0.15) is 13.2 Å². The molecule has 0 heterocycles. The van der Waals surface area contributed by atoms with Crippen LogP contribution in [0.25, 0.3) is 0 Å². The molecule has 9 heteroatoms. The molecule has 0 rings (SSSR count). The van der Waals surface area contributed by atoms with Crippen molar-refractivity contribution in [1.29, 1.82) is 0 Å². The molecule has 0 aliphatic carbocycles. The summed E-state index contributed by atoms with van der Waals surface area (Å²) in [4.78, 5) is 23.3. The van der Waals surface area contributed by atoms with E-state index in [0.29, 0.717) is 17.4 Å². The standard InChI is InChI=1S/C63H125N2O6P/c1-6-8-10-12-14-16-18-20-21-22-23-24-25-26-27-28-29-30-31-32-33-34-35-36-37-38-39-40-41-42-43-45-47-49-51-53-55-57-63(67)64-61(60-71-72(68,69)70-59-58-65(3,4)5)62(66)56-54-52-50-48-46-44-19-17-15-13-11-9-7-2/h30-31,54,56,61-62,66H,6-29,32-53,55,57-60H2,1-5H3,(H-,64,67,68,69)/p+1/b31-30-,56-54+. The van der Waals surface area contributed by atoms with Crippen LogP contribution in [0.5, 0.6) is 0 Å². The molecule has 0 spiro atoms. The third-order valence-corrected chi connectivity index (χ3v) is 15.6. The van der Waals surface area contributed by atoms with E-state index >= 15 is 0 Å². The molecule has 1 amide bonds. The summed E-state index contributed by atoms with van der Waals surface area (Å²) in [5.74, 6) is -0.172. The minimum Gasteiger partial charge on any atom is -0.387 e. The third-order valence-electron chi connectivity index (χ3n) is 14.7. The smallest absolute Gasteiger partial charge is 0.387 e. The van der Waals surface area contributed by atoms with E-state index in [1.807, 2.05) is 27.2 Å². The van der Waals surface area contributed by atoms with Crippen molar-refractivity contribution < 1.29 is 32.9 Å². The minimum atomic E-state index is -4.34. The highest BCUT2D eigenvalue weighted by molar-refractivity contribution is 7.47. The number of unbranched alkanes of at least 4 members (excludes halogenated alkanes) is 44. The molecule has 0 saturated carbocycles. The van der Waals surface area contributed by atoms with Gasteiger partial charge in [0.15, 0.2) is 0 Å². The fraction of sp³-hybridized carbons (Fsp3) is 0.921. The molecule has 0 saturated heterocycles. The van der Waals surface area contributed by atoms with Gasteiger partial charge in [-0.25, -0.2) is 4.57 Å². The first-order valence-electron chi connectivity index (χ1n) is 31.7. The van der Waals surface area contributed by atoms with Crippen LogP contribution in [-0.4, -0.2) is 73.4 Å². The molecule has 428 valence electrons. The van der Waals surface area contributed by atoms with Crippen LogP contribution >= 0.6 is 7.82 Å². The molecule has 0 aliphatic rings. The Morgan fingerprint density at radius 3 is 1.07 bits per heavy atom. The maximum Gasteiger partial charge on any atom is 0.472 e. The van der Waals surface area contributed by atoms with Gasteiger partial charge >= 0.3 is 7.82 Å². The summed E-state index contributed by atoms with van der Waals surface area (Å²) in [5, 5.41) is 13.9. The normalized spacial score (nSPS) is 13.9. The highest BCUT2D eigenvalue weighted by Crippen LogP contribution is 2.43. The number of amides is 1. The van der Waals surface area contributed by atoms with E-state index in [0.717, 1.165) is 38.5 Å². The van der Waals surface area contributed by atoms with Crippen molar-refractivity contribution in [2.75, 3.05) is 40.9 Å². The lowest BCUT2D eigenvalue weighted by Crippen LogP contribution is -2.45. The molecule has 0 aromatic heterocycles. The lowest BCUT2D eigenvalue weighted by atomic mass is 10.0. The molecule has 3 atom stereocenters. The van der Waals surface area contributed by atoms with Gasteiger partial charge in [0, 0.05) is 6.42 Å². The van der Waals surface area contributed by atoms with Crippen LogP contribution in [0.1, 0.15) is 322 Å². The maximum absolute atomic E-state index is 13.0. The number of aliphatic hydroxyl groups excluding tert-OH is 1. The van der Waals surface area contributed by atoms with Crippen molar-refractivity contribution in [3.63, 3.8) is 0 Å². The summed E-state index contributed by atoms with van der Waals surface area (Å²) in [6, 6.07) is -0.843. The van der Waals surface area contributed by atoms with E-state index < -0.39 is 20.0 Å². The SMILES string of the molecule is CCCCCCCCCCCCC/C=C/C(O)C(COP(=O)(O)OCC[N+](C)(C)C)NC(=O)CCCCCCCCCCCCCCCCCCC/C=C\CCCCCCCCCCCCCCCCCC. The Labute approximate surface area is 449 Å². The van der Waals surface area contributed by atoms with E-state index in [-0.39, 0.29) is 19.1 Å². The quantitative estimate of drug-likeness (QED) is 0.0243. The molecule has 0 bridgehead atoms. The van der Waals surface area contributed by atoms with Crippen LogP contribution in [-0.2, 0) is 18.4 Å². The molecule has 0 aromatic carbocycles. The topological polar surface area (TPSA) is 105 Å². The van der Waals surface area contributed by atoms with Gasteiger partial charge in [0.25, 0.3) is 0 Å². The Bertz CT molecular complexity index is 1220. The molecule has 0 aromatic rings. The zero-order valence-electron chi connectivity index (χ0n) is 48.9. The van der Waals surface area contributed by atoms with E-state index in [9.17, 15) is 19.4 Å². The molecule has 8 nitrogen and oxygen atoms in total. The number of likely N-dealkylation sites (N-methyl/N-ethyl adjacent to an activating group) is 1. The number of aliphatic hydroxyl groups is 1. The highest BCUT2D eigenvalue weighted by Gasteiger charge is 2.28. The number of quaternary nitrogens is 1. The van der Waals surface area contributed by atoms with Crippen molar-refractivity contribution in [3.05, 3.63) is 24.3 Å². The van der Waals surface area contributed by atoms with Gasteiger partial charge in [-0.1, -0.05) is 295 Å². The summed E-state index contributed by atoms with van der Waals surface area (Å²) in [6.07, 6.45) is 70.4. The average Bonchev–Trinajstić information content (AvgIpc) is 3.34. The van der Waals surface area contributed by atoms with Crippen LogP contribution in [0.3, 0.4) is 0 Å². The van der Waals surface area contributed by atoms with Gasteiger partial charge in [-0.3, -0.25) is 13.8 Å². The van der Waals surface area contributed by atoms with Crippen molar-refractivity contribution >= 4 is 13.7 Å². The fourth-order valence-electron chi connectivity index (χ4n) is 9.69. The number of nitrogens with one attached hydrogen (secondary N) is 1. The molecular formula is C63H126N2O6P+. The van der Waals surface area contributed by atoms with E-state index in [1.165, 1.54) is 263 Å². The van der Waals surface area contributed by atoms with Crippen molar-refractivity contribution in [3.8, 4) is 0 Å². The summed E-state index contributed by atoms with van der Waals surface area (Å²) in [5.41, 5.74) is 0. The number of nitrogens with zero attached hydrogens (tertiary/aromatic N) is 1. The minimum absolute atomic E-state index is 0.0637. The number of hydrogen-bond acceptors (Lipinski definition) is 5. The number of hydrogen-bond donors (Lipinski definition) is 3. The van der Waals surface area contributed by atoms with Crippen LogP contribution in [0, 0.1) is 0 Å². The first-order valence-corrected chi connectivity index (χ1v) is 33.2. The summed E-state index contributed by atoms with van der Waals surface area (Å²) >= 11 is 0. The number of phosphoric acid groups is 1. The average molecular weight is 1040 g/mol. The van der Waals surface area contributed by atoms with Gasteiger partial charge in [-0.05, 0) is 44.9 Å². The molecule has 0 fully saturated rings. The first-order chi connectivity index (χ1) is 35.0. The Balaban J connectivity index is 3.89. The Kier molecular flexibility index (Phi) is 54.0. The molecule has 3 unspecified atom stereocenters. The first kappa shape index (κ1) is 71.0. The van der Waals surface area contributed by atoms with Crippen LogP contribution in [0.15, 0.2) is 24.3 Å². The van der Waals surface area contributed by atoms with E-state index in [2.05, 4.69) is 31.3 Å². The number of carbonyl (C=O) groups is 1. The van der Waals surface area contributed by atoms with Crippen molar-refractivity contribution in [2.24, 2.45) is 0 Å². The zero-order chi connectivity index (χ0) is 52.7. The number of allylic oxidation sites excluding steroid dienone is 3. The monoisotopic (exact) mass is 1040 g/mol. The van der Waals surface area contributed by atoms with E-state index in [1.54, 1.807) is 6.08 Å². The third kappa shape index (κ3) is 56.7. The van der Waals surface area contributed by atoms with Crippen molar-refractivity contribution in [2.45, 2.75) is 334 Å². The Hall–Kier alpha value is -1.02. The van der Waals surface area contributed by atoms with Gasteiger partial charge in [-0.2, -0.15) is 0 Å². The lowest BCUT2D eigenvalue weighted by Gasteiger charge is -2.25. The maximum atomic E-state index is 13.0. The van der Waals surface area contributed by atoms with Gasteiger partial charge in [-0.15, -0.1) is 0 Å².